The van der Waals surface area contributed by atoms with Gasteiger partial charge in [0.2, 0.25) is 0 Å². The molecule has 0 aromatic heterocycles. The van der Waals surface area contributed by atoms with Gasteiger partial charge in [-0.3, -0.25) is 0 Å². The number of rotatable bonds is 2. The Morgan fingerprint density at radius 1 is 1.18 bits per heavy atom. The summed E-state index contributed by atoms with van der Waals surface area (Å²) in [6.45, 7) is 3.48. The third-order valence-electron chi connectivity index (χ3n) is 1.41. The van der Waals surface area contributed by atoms with E-state index >= 15 is 0 Å². The molecular weight excluding hydrogens is 378 g/mol. The van der Waals surface area contributed by atoms with E-state index in [1.165, 1.54) is 28.5 Å². The summed E-state index contributed by atoms with van der Waals surface area (Å²) in [5.74, 6) is -0.403. The van der Waals surface area contributed by atoms with Gasteiger partial charge in [-0.05, 0) is 0 Å². The molecule has 0 fully saturated rings. The van der Waals surface area contributed by atoms with E-state index in [1.54, 1.807) is 0 Å². The van der Waals surface area contributed by atoms with Crippen molar-refractivity contribution in [2.24, 2.45) is 0 Å². The van der Waals surface area contributed by atoms with Gasteiger partial charge >= 0.3 is 45.6 Å². The van der Waals surface area contributed by atoms with Crippen LogP contribution >= 0.6 is 13.6 Å². The molecule has 3 nitrogen and oxygen atoms in total. The Hall–Kier alpha value is -0.267. The van der Waals surface area contributed by atoms with E-state index in [1.807, 2.05) is 0 Å². The van der Waals surface area contributed by atoms with Crippen LogP contribution in [-0.4, -0.2) is 13.9 Å². The molecule has 0 atom stereocenters. The Morgan fingerprint density at radius 3 is 1.94 bits per heavy atom. The zero-order valence-corrected chi connectivity index (χ0v) is 13.7. The standard InChI is InChI=1S/C8H6F3O3S.BrH.Zn/c1-6-2-4-7(5-3-6)14-15(12,13)8(9,10)11;;/h2-5H,1H2;1H;/q-1;;+2/p-1. The predicted molar refractivity (Wildman–Crippen MR) is 55.4 cm³/mol. The van der Waals surface area contributed by atoms with Gasteiger partial charge in [-0.15, -0.1) is 0 Å². The monoisotopic (exact) mass is 382 g/mol. The van der Waals surface area contributed by atoms with Crippen molar-refractivity contribution in [3.63, 3.8) is 0 Å². The summed E-state index contributed by atoms with van der Waals surface area (Å²) in [4.78, 5) is 0. The van der Waals surface area contributed by atoms with Crippen LogP contribution in [0.3, 0.4) is 0 Å². The average Bonchev–Trinajstić information content (AvgIpc) is 2.22. The minimum atomic E-state index is -5.58. The Labute approximate surface area is 114 Å². The molecule has 0 saturated heterocycles. The summed E-state index contributed by atoms with van der Waals surface area (Å²) < 4.78 is 60.5. The Morgan fingerprint density at radius 2 is 1.59 bits per heavy atom. The molecule has 0 amide bonds. The third kappa shape index (κ3) is 5.27. The van der Waals surface area contributed by atoms with Crippen LogP contribution in [0.25, 0.3) is 0 Å². The van der Waals surface area contributed by atoms with Crippen molar-refractivity contribution in [3.8, 4) is 5.75 Å². The summed E-state index contributed by atoms with van der Waals surface area (Å²) in [6, 6.07) is 4.85. The van der Waals surface area contributed by atoms with Gasteiger partial charge in [0.1, 0.15) is 5.75 Å². The molecule has 17 heavy (non-hydrogen) atoms. The van der Waals surface area contributed by atoms with E-state index in [2.05, 4.69) is 24.7 Å². The van der Waals surface area contributed by atoms with Gasteiger partial charge in [0.15, 0.2) is 0 Å². The number of hydrogen-bond acceptors (Lipinski definition) is 3. The molecule has 0 heterocycles. The van der Waals surface area contributed by atoms with Gasteiger partial charge in [0.25, 0.3) is 0 Å². The maximum atomic E-state index is 11.9. The van der Waals surface area contributed by atoms with Crippen molar-refractivity contribution in [3.05, 3.63) is 36.8 Å². The molecule has 92 valence electrons. The van der Waals surface area contributed by atoms with Crippen molar-refractivity contribution in [2.45, 2.75) is 5.51 Å². The van der Waals surface area contributed by atoms with Crippen LogP contribution in [0.4, 0.5) is 13.2 Å². The Balaban J connectivity index is 0.00000121. The topological polar surface area (TPSA) is 43.4 Å². The number of hydrogen-bond donors (Lipinski definition) is 0. The number of halogens is 4. The minimum absolute atomic E-state index is 0.403. The second kappa shape index (κ2) is 6.61. The van der Waals surface area contributed by atoms with Crippen LogP contribution < -0.4 is 4.18 Å². The second-order valence-electron chi connectivity index (χ2n) is 2.63. The second-order valence-corrected chi connectivity index (χ2v) is 4.16. The van der Waals surface area contributed by atoms with Crippen LogP contribution in [0.15, 0.2) is 24.3 Å². The van der Waals surface area contributed by atoms with Gasteiger partial charge in [-0.1, -0.05) is 12.1 Å². The van der Waals surface area contributed by atoms with Crippen molar-refractivity contribution in [2.75, 3.05) is 0 Å². The van der Waals surface area contributed by atoms with Crippen LogP contribution in [0, 0.1) is 6.92 Å². The van der Waals surface area contributed by atoms with Crippen LogP contribution in [0.1, 0.15) is 5.56 Å². The van der Waals surface area contributed by atoms with E-state index in [9.17, 15) is 21.6 Å². The van der Waals surface area contributed by atoms with Crippen molar-refractivity contribution in [1.29, 1.82) is 0 Å². The molecule has 0 spiro atoms. The fourth-order valence-corrected chi connectivity index (χ4v) is 1.18. The first kappa shape index (κ1) is 16.7. The zero-order chi connectivity index (χ0) is 13.7. The first-order valence-electron chi connectivity index (χ1n) is 3.92. The van der Waals surface area contributed by atoms with Gasteiger partial charge in [-0.2, -0.15) is 46.2 Å². The molecule has 0 unspecified atom stereocenters. The Kier molecular flexibility index (Phi) is 6.50. The van der Waals surface area contributed by atoms with Gasteiger partial charge in [0, 0.05) is 0 Å². The van der Waals surface area contributed by atoms with Crippen LogP contribution in [-0.2, 0) is 26.5 Å². The van der Waals surface area contributed by atoms with Crippen molar-refractivity contribution >= 4 is 23.7 Å². The molecule has 0 N–H and O–H groups in total. The molecule has 1 aromatic carbocycles. The average molecular weight is 384 g/mol. The van der Waals surface area contributed by atoms with E-state index < -0.39 is 21.4 Å². The van der Waals surface area contributed by atoms with E-state index in [4.69, 9.17) is 0 Å². The predicted octanol–water partition coefficient (Wildman–Crippen LogP) is 2.94. The van der Waals surface area contributed by atoms with Gasteiger partial charge in [0.05, 0.1) is 0 Å². The number of alkyl halides is 3. The summed E-state index contributed by atoms with van der Waals surface area (Å²) in [5, 5.41) is 0. The van der Waals surface area contributed by atoms with Crippen LogP contribution in [0.2, 0.25) is 0 Å². The molecule has 0 radical (unpaired) electrons. The molecule has 1 rings (SSSR count). The zero-order valence-electron chi connectivity index (χ0n) is 8.37. The van der Waals surface area contributed by atoms with Crippen LogP contribution in [0.5, 0.6) is 5.75 Å². The molecule has 0 saturated carbocycles. The number of benzene rings is 1. The third-order valence-corrected chi connectivity index (χ3v) is 2.39. The fraction of sp³-hybridized carbons (Fsp3) is 0.125. The molecule has 0 bridgehead atoms. The van der Waals surface area contributed by atoms with Crippen molar-refractivity contribution in [1.82, 2.24) is 0 Å². The van der Waals surface area contributed by atoms with Gasteiger partial charge < -0.3 is 4.18 Å². The maximum absolute atomic E-state index is 11.9. The summed E-state index contributed by atoms with van der Waals surface area (Å²) >= 11 is 4.25. The van der Waals surface area contributed by atoms with Crippen molar-refractivity contribution < 1.29 is 42.1 Å². The molecule has 0 aliphatic rings. The SMILES string of the molecule is [CH2-]c1ccc(OS(=O)(=O)C(F)(F)F)cc1.[Zn+][Br]. The molecule has 0 aliphatic heterocycles. The van der Waals surface area contributed by atoms with E-state index in [0.717, 1.165) is 12.1 Å². The first-order valence-corrected chi connectivity index (χ1v) is 12.3. The molecule has 0 aliphatic carbocycles. The fourth-order valence-electron chi connectivity index (χ4n) is 0.719. The molecule has 9 heteroatoms. The molecule has 1 aromatic rings. The molecular formula is C8H6BrF3O3SZn. The summed E-state index contributed by atoms with van der Waals surface area (Å²) in [6.07, 6.45) is 0. The van der Waals surface area contributed by atoms with E-state index in [0.29, 0.717) is 5.56 Å². The van der Waals surface area contributed by atoms with E-state index in [-0.39, 0.29) is 0 Å². The first-order chi connectivity index (χ1) is 7.72. The van der Waals surface area contributed by atoms with Gasteiger partial charge in [-0.25, -0.2) is 0 Å². The summed E-state index contributed by atoms with van der Waals surface area (Å²) in [7, 11) is -5.58. The Bertz CT molecular complexity index is 444. The quantitative estimate of drug-likeness (QED) is 0.341. The normalized spacial score (nSPS) is 11.4. The summed E-state index contributed by atoms with van der Waals surface area (Å²) in [5.41, 5.74) is -4.89.